The maximum absolute atomic E-state index is 11.6. The van der Waals surface area contributed by atoms with Crippen molar-refractivity contribution in [2.24, 2.45) is 0 Å². The van der Waals surface area contributed by atoms with Crippen LogP contribution in [0.3, 0.4) is 0 Å². The maximum Gasteiger partial charge on any atom is 0.282 e. The van der Waals surface area contributed by atoms with Gasteiger partial charge in [-0.3, -0.25) is 19.7 Å². The van der Waals surface area contributed by atoms with Crippen molar-refractivity contribution in [3.8, 4) is 0 Å². The predicted molar refractivity (Wildman–Crippen MR) is 69.3 cm³/mol. The molecule has 0 unspecified atom stereocenters. The van der Waals surface area contributed by atoms with Gasteiger partial charge < -0.3 is 0 Å². The predicted octanol–water partition coefficient (Wildman–Crippen LogP) is 1.76. The Balaban J connectivity index is 2.96. The number of benzene rings is 1. The van der Waals surface area contributed by atoms with Crippen LogP contribution in [0.5, 0.6) is 0 Å². The van der Waals surface area contributed by atoms with E-state index in [4.69, 9.17) is 4.84 Å². The number of halogens is 1. The summed E-state index contributed by atoms with van der Waals surface area (Å²) >= 11 is 1.87. The van der Waals surface area contributed by atoms with E-state index in [0.29, 0.717) is 9.13 Å². The van der Waals surface area contributed by atoms with Gasteiger partial charge >= 0.3 is 0 Å². The van der Waals surface area contributed by atoms with Crippen LogP contribution in [-0.4, -0.2) is 30.1 Å². The largest absolute Gasteiger partial charge is 0.282 e. The van der Waals surface area contributed by atoms with Crippen molar-refractivity contribution in [2.75, 3.05) is 14.2 Å². The van der Waals surface area contributed by atoms with E-state index >= 15 is 0 Å². The number of amides is 1. The number of hydroxylamine groups is 2. The highest BCUT2D eigenvalue weighted by molar-refractivity contribution is 14.1. The average Bonchev–Trinajstić information content (AvgIpc) is 2.30. The van der Waals surface area contributed by atoms with Crippen LogP contribution in [-0.2, 0) is 16.1 Å². The average molecular weight is 350 g/mol. The summed E-state index contributed by atoms with van der Waals surface area (Å²) in [5.74, 6) is -0.258. The van der Waals surface area contributed by atoms with Gasteiger partial charge in [-0.25, -0.2) is 5.06 Å². The molecule has 0 saturated carbocycles. The van der Waals surface area contributed by atoms with Crippen LogP contribution in [0.1, 0.15) is 5.56 Å². The Morgan fingerprint density at radius 2 is 2.24 bits per heavy atom. The number of nitrogens with zero attached hydrogens (tertiary/aromatic N) is 2. The Hall–Kier alpha value is -1.22. The lowest BCUT2D eigenvalue weighted by atomic mass is 10.1. The third-order valence-corrected chi connectivity index (χ3v) is 3.47. The Morgan fingerprint density at radius 1 is 1.59 bits per heavy atom. The molecule has 1 aromatic rings. The third-order valence-electron chi connectivity index (χ3n) is 2.22. The summed E-state index contributed by atoms with van der Waals surface area (Å²) in [5.41, 5.74) is 0.629. The molecule has 6 nitrogen and oxygen atoms in total. The smallest absolute Gasteiger partial charge is 0.275 e. The molecular weight excluding hydrogens is 339 g/mol. The van der Waals surface area contributed by atoms with Gasteiger partial charge in [0.1, 0.15) is 0 Å². The van der Waals surface area contributed by atoms with Crippen LogP contribution in [0, 0.1) is 13.7 Å². The molecule has 1 aromatic carbocycles. The second kappa shape index (κ2) is 5.92. The fourth-order valence-corrected chi connectivity index (χ4v) is 1.97. The summed E-state index contributed by atoms with van der Waals surface area (Å²) in [6, 6.07) is 4.67. The van der Waals surface area contributed by atoms with Crippen LogP contribution in [0.2, 0.25) is 0 Å². The first kappa shape index (κ1) is 13.8. The van der Waals surface area contributed by atoms with E-state index in [2.05, 4.69) is 0 Å². The highest BCUT2D eigenvalue weighted by Crippen LogP contribution is 2.24. The maximum atomic E-state index is 11.6. The number of rotatable bonds is 4. The first-order valence-corrected chi connectivity index (χ1v) is 5.77. The van der Waals surface area contributed by atoms with Crippen molar-refractivity contribution in [3.05, 3.63) is 37.4 Å². The van der Waals surface area contributed by atoms with Crippen molar-refractivity contribution >= 4 is 34.2 Å². The van der Waals surface area contributed by atoms with Crippen molar-refractivity contribution in [1.82, 2.24) is 5.06 Å². The quantitative estimate of drug-likeness (QED) is 0.471. The molecule has 0 aliphatic carbocycles. The van der Waals surface area contributed by atoms with E-state index in [-0.39, 0.29) is 18.0 Å². The van der Waals surface area contributed by atoms with Gasteiger partial charge in [-0.1, -0.05) is 12.1 Å². The lowest BCUT2D eigenvalue weighted by Crippen LogP contribution is -2.27. The highest BCUT2D eigenvalue weighted by Gasteiger charge is 2.18. The van der Waals surface area contributed by atoms with Crippen LogP contribution < -0.4 is 0 Å². The Bertz CT molecular complexity index is 450. The van der Waals surface area contributed by atoms with Gasteiger partial charge in [-0.15, -0.1) is 0 Å². The van der Waals surface area contributed by atoms with Crippen molar-refractivity contribution in [3.63, 3.8) is 0 Å². The van der Waals surface area contributed by atoms with Gasteiger partial charge in [-0.05, 0) is 28.2 Å². The van der Waals surface area contributed by atoms with E-state index in [1.165, 1.54) is 20.2 Å². The van der Waals surface area contributed by atoms with Crippen molar-refractivity contribution in [2.45, 2.75) is 6.42 Å². The molecule has 1 rings (SSSR count). The first-order chi connectivity index (χ1) is 7.97. The lowest BCUT2D eigenvalue weighted by Gasteiger charge is -2.13. The fourth-order valence-electron chi connectivity index (χ4n) is 1.22. The molecule has 0 N–H and O–H groups in total. The van der Waals surface area contributed by atoms with Gasteiger partial charge in [0.15, 0.2) is 0 Å². The molecule has 0 aliphatic heterocycles. The van der Waals surface area contributed by atoms with E-state index in [1.54, 1.807) is 12.1 Å². The summed E-state index contributed by atoms with van der Waals surface area (Å²) in [4.78, 5) is 26.6. The number of carbonyl (C=O) groups excluding carboxylic acids is 1. The minimum absolute atomic E-state index is 0.0102. The summed E-state index contributed by atoms with van der Waals surface area (Å²) in [5, 5.41) is 11.8. The van der Waals surface area contributed by atoms with Gasteiger partial charge in [0, 0.05) is 13.1 Å². The number of hydrogen-bond donors (Lipinski definition) is 0. The topological polar surface area (TPSA) is 72.7 Å². The molecule has 0 atom stereocenters. The highest BCUT2D eigenvalue weighted by atomic mass is 127. The third kappa shape index (κ3) is 3.37. The Morgan fingerprint density at radius 3 is 2.76 bits per heavy atom. The zero-order chi connectivity index (χ0) is 13.0. The monoisotopic (exact) mass is 350 g/mol. The number of carbonyl (C=O) groups is 1. The molecule has 17 heavy (non-hydrogen) atoms. The van der Waals surface area contributed by atoms with Crippen molar-refractivity contribution < 1.29 is 14.6 Å². The number of nitro groups is 1. The Kier molecular flexibility index (Phi) is 4.82. The summed E-state index contributed by atoms with van der Waals surface area (Å²) < 4.78 is 0.480. The van der Waals surface area contributed by atoms with Gasteiger partial charge in [0.2, 0.25) is 5.91 Å². The normalized spacial score (nSPS) is 10.1. The fraction of sp³-hybridized carbons (Fsp3) is 0.300. The van der Waals surface area contributed by atoms with E-state index in [0.717, 1.165) is 5.06 Å². The summed E-state index contributed by atoms with van der Waals surface area (Å²) in [7, 11) is 2.88. The number of nitro benzene ring substituents is 1. The molecule has 0 bridgehead atoms. The SMILES string of the molecule is CON(C)C(=O)Cc1cccc([N+](=O)[O-])c1I. The Labute approximate surface area is 112 Å². The second-order valence-electron chi connectivity index (χ2n) is 3.26. The van der Waals surface area contributed by atoms with Crippen LogP contribution in [0.4, 0.5) is 5.69 Å². The van der Waals surface area contributed by atoms with Crippen LogP contribution in [0.25, 0.3) is 0 Å². The zero-order valence-corrected chi connectivity index (χ0v) is 11.5. The molecule has 1 amide bonds. The molecular formula is C10H11IN2O4. The molecule has 0 aromatic heterocycles. The van der Waals surface area contributed by atoms with Gasteiger partial charge in [-0.2, -0.15) is 0 Å². The number of hydrogen-bond acceptors (Lipinski definition) is 4. The number of likely N-dealkylation sites (N-methyl/N-ethyl adjacent to an activating group) is 1. The molecule has 0 saturated heterocycles. The molecule has 0 fully saturated rings. The molecule has 0 aliphatic rings. The molecule has 0 heterocycles. The summed E-state index contributed by atoms with van der Waals surface area (Å²) in [6.45, 7) is 0. The summed E-state index contributed by atoms with van der Waals surface area (Å²) in [6.07, 6.45) is 0.0737. The van der Waals surface area contributed by atoms with Crippen molar-refractivity contribution in [1.29, 1.82) is 0 Å². The van der Waals surface area contributed by atoms with Crippen LogP contribution >= 0.6 is 22.6 Å². The first-order valence-electron chi connectivity index (χ1n) is 4.69. The van der Waals surface area contributed by atoms with E-state index in [9.17, 15) is 14.9 Å². The van der Waals surface area contributed by atoms with E-state index in [1.807, 2.05) is 22.6 Å². The lowest BCUT2D eigenvalue weighted by molar-refractivity contribution is -0.385. The van der Waals surface area contributed by atoms with Gasteiger partial charge in [0.05, 0.1) is 22.0 Å². The minimum Gasteiger partial charge on any atom is -0.275 e. The standard InChI is InChI=1S/C10H11IN2O4/c1-12(17-2)9(14)6-7-4-3-5-8(10(7)11)13(15)16/h3-5H,6H2,1-2H3. The molecule has 0 radical (unpaired) electrons. The van der Waals surface area contributed by atoms with Crippen LogP contribution in [0.15, 0.2) is 18.2 Å². The molecule has 92 valence electrons. The second-order valence-corrected chi connectivity index (χ2v) is 4.34. The molecule has 0 spiro atoms. The molecule has 7 heteroatoms. The van der Waals surface area contributed by atoms with Gasteiger partial charge in [0.25, 0.3) is 5.69 Å². The van der Waals surface area contributed by atoms with E-state index < -0.39 is 4.92 Å². The zero-order valence-electron chi connectivity index (χ0n) is 9.34. The minimum atomic E-state index is -0.463.